The number of anilines is 2. The average Bonchev–Trinajstić information content (AvgIpc) is 2.54. The summed E-state index contributed by atoms with van der Waals surface area (Å²) in [6, 6.07) is 9.95. The largest absolute Gasteiger partial charge is 0.465 e. The topological polar surface area (TPSA) is 77.5 Å². The first-order chi connectivity index (χ1) is 10.2. The molecule has 0 fully saturated rings. The summed E-state index contributed by atoms with van der Waals surface area (Å²) in [5.41, 5.74) is 1.32. The van der Waals surface area contributed by atoms with Crippen LogP contribution in [0, 0.1) is 0 Å². The summed E-state index contributed by atoms with van der Waals surface area (Å²) in [5.74, 6) is -0.575. The van der Waals surface area contributed by atoms with Crippen molar-refractivity contribution < 1.29 is 19.1 Å². The molecule has 6 heteroatoms. The molecule has 0 atom stereocenters. The van der Waals surface area contributed by atoms with Crippen LogP contribution in [0.1, 0.15) is 20.7 Å². The zero-order valence-electron chi connectivity index (χ0n) is 11.6. The highest BCUT2D eigenvalue weighted by atomic mass is 16.5. The Morgan fingerprint density at radius 2 is 1.81 bits per heavy atom. The van der Waals surface area contributed by atoms with Crippen molar-refractivity contribution >= 4 is 23.4 Å². The van der Waals surface area contributed by atoms with Gasteiger partial charge in [0.25, 0.3) is 0 Å². The Hall–Kier alpha value is -2.89. The number of hydrogen-bond donors (Lipinski definition) is 1. The summed E-state index contributed by atoms with van der Waals surface area (Å²) in [6.07, 6.45) is 1.55. The zero-order chi connectivity index (χ0) is 15.2. The minimum atomic E-state index is -0.491. The first-order valence-electron chi connectivity index (χ1n) is 6.14. The molecule has 1 aromatic carbocycles. The van der Waals surface area contributed by atoms with Gasteiger partial charge < -0.3 is 14.8 Å². The van der Waals surface area contributed by atoms with E-state index in [0.717, 1.165) is 0 Å². The second-order valence-electron chi connectivity index (χ2n) is 4.09. The van der Waals surface area contributed by atoms with Crippen molar-refractivity contribution in [2.45, 2.75) is 0 Å². The lowest BCUT2D eigenvalue weighted by Gasteiger charge is -2.10. The number of pyridine rings is 1. The van der Waals surface area contributed by atoms with Crippen molar-refractivity contribution in [3.8, 4) is 0 Å². The molecule has 6 nitrogen and oxygen atoms in total. The molecule has 2 aromatic rings. The Balaban J connectivity index is 2.31. The highest BCUT2D eigenvalue weighted by Gasteiger charge is 2.13. The zero-order valence-corrected chi connectivity index (χ0v) is 11.6. The summed E-state index contributed by atoms with van der Waals surface area (Å²) in [4.78, 5) is 27.3. The standard InChI is InChI=1S/C15H14N2O4/c1-20-14(18)10-5-3-6-11(9-10)17-13-12(15(19)21-2)7-4-8-16-13/h3-9H,1-2H3,(H,16,17). The monoisotopic (exact) mass is 286 g/mol. The third kappa shape index (κ3) is 3.36. The fourth-order valence-corrected chi connectivity index (χ4v) is 1.76. The van der Waals surface area contributed by atoms with Gasteiger partial charge in [-0.1, -0.05) is 6.07 Å². The molecule has 0 aliphatic rings. The van der Waals surface area contributed by atoms with Crippen molar-refractivity contribution in [2.24, 2.45) is 0 Å². The number of nitrogens with zero attached hydrogens (tertiary/aromatic N) is 1. The van der Waals surface area contributed by atoms with Gasteiger partial charge in [-0.25, -0.2) is 14.6 Å². The fraction of sp³-hybridized carbons (Fsp3) is 0.133. The Morgan fingerprint density at radius 3 is 2.52 bits per heavy atom. The molecule has 1 N–H and O–H groups in total. The minimum absolute atomic E-state index is 0.309. The van der Waals surface area contributed by atoms with Gasteiger partial charge in [0.2, 0.25) is 0 Å². The lowest BCUT2D eigenvalue weighted by molar-refractivity contribution is 0.0592. The Labute approximate surface area is 121 Å². The van der Waals surface area contributed by atoms with E-state index in [2.05, 4.69) is 15.0 Å². The van der Waals surface area contributed by atoms with Crippen LogP contribution in [0.5, 0.6) is 0 Å². The number of benzene rings is 1. The molecule has 2 rings (SSSR count). The van der Waals surface area contributed by atoms with E-state index >= 15 is 0 Å². The smallest absolute Gasteiger partial charge is 0.341 e. The van der Waals surface area contributed by atoms with Gasteiger partial charge in [0.05, 0.1) is 19.8 Å². The van der Waals surface area contributed by atoms with Crippen LogP contribution in [0.15, 0.2) is 42.6 Å². The molecule has 0 aliphatic heterocycles. The highest BCUT2D eigenvalue weighted by molar-refractivity contribution is 5.95. The number of nitrogens with one attached hydrogen (secondary N) is 1. The molecule has 21 heavy (non-hydrogen) atoms. The molecule has 0 radical (unpaired) electrons. The first-order valence-corrected chi connectivity index (χ1v) is 6.14. The quantitative estimate of drug-likeness (QED) is 0.870. The molecule has 0 bridgehead atoms. The van der Waals surface area contributed by atoms with Gasteiger partial charge in [-0.2, -0.15) is 0 Å². The fourth-order valence-electron chi connectivity index (χ4n) is 1.76. The van der Waals surface area contributed by atoms with Crippen LogP contribution in [0.4, 0.5) is 11.5 Å². The van der Waals surface area contributed by atoms with Crippen molar-refractivity contribution in [3.05, 3.63) is 53.7 Å². The van der Waals surface area contributed by atoms with Crippen LogP contribution in [-0.4, -0.2) is 31.1 Å². The van der Waals surface area contributed by atoms with Crippen LogP contribution < -0.4 is 5.32 Å². The Kier molecular flexibility index (Phi) is 4.50. The van der Waals surface area contributed by atoms with E-state index < -0.39 is 11.9 Å². The lowest BCUT2D eigenvalue weighted by Crippen LogP contribution is -2.07. The molecular formula is C15H14N2O4. The van der Waals surface area contributed by atoms with E-state index in [-0.39, 0.29) is 0 Å². The summed E-state index contributed by atoms with van der Waals surface area (Å²) < 4.78 is 9.37. The van der Waals surface area contributed by atoms with Crippen LogP contribution in [0.2, 0.25) is 0 Å². The molecule has 0 amide bonds. The number of hydrogen-bond acceptors (Lipinski definition) is 6. The molecule has 0 saturated heterocycles. The van der Waals surface area contributed by atoms with Crippen LogP contribution in [0.3, 0.4) is 0 Å². The molecule has 1 heterocycles. The Bertz CT molecular complexity index is 670. The summed E-state index contributed by atoms with van der Waals surface area (Å²) in [6.45, 7) is 0. The van der Waals surface area contributed by atoms with E-state index in [1.165, 1.54) is 14.2 Å². The van der Waals surface area contributed by atoms with E-state index in [1.54, 1.807) is 42.6 Å². The van der Waals surface area contributed by atoms with Crippen molar-refractivity contribution in [1.82, 2.24) is 4.98 Å². The van der Waals surface area contributed by atoms with Gasteiger partial charge in [-0.3, -0.25) is 0 Å². The average molecular weight is 286 g/mol. The van der Waals surface area contributed by atoms with Gasteiger partial charge in [-0.05, 0) is 30.3 Å². The van der Waals surface area contributed by atoms with Crippen LogP contribution in [0.25, 0.3) is 0 Å². The number of esters is 2. The number of aromatic nitrogens is 1. The predicted octanol–water partition coefficient (Wildman–Crippen LogP) is 2.40. The third-order valence-corrected chi connectivity index (χ3v) is 2.76. The molecule has 0 unspecified atom stereocenters. The van der Waals surface area contributed by atoms with Gasteiger partial charge in [0.1, 0.15) is 11.4 Å². The summed E-state index contributed by atoms with van der Waals surface area (Å²) in [5, 5.41) is 2.99. The number of methoxy groups -OCH3 is 2. The van der Waals surface area contributed by atoms with Crippen molar-refractivity contribution in [1.29, 1.82) is 0 Å². The number of ether oxygens (including phenoxy) is 2. The van der Waals surface area contributed by atoms with Crippen LogP contribution >= 0.6 is 0 Å². The molecule has 0 saturated carbocycles. The van der Waals surface area contributed by atoms with E-state index in [1.807, 2.05) is 0 Å². The highest BCUT2D eigenvalue weighted by Crippen LogP contribution is 2.20. The Morgan fingerprint density at radius 1 is 1.05 bits per heavy atom. The van der Waals surface area contributed by atoms with Gasteiger partial charge in [-0.15, -0.1) is 0 Å². The molecule has 1 aromatic heterocycles. The van der Waals surface area contributed by atoms with Gasteiger partial charge in [0, 0.05) is 11.9 Å². The predicted molar refractivity (Wildman–Crippen MR) is 76.6 cm³/mol. The summed E-state index contributed by atoms with van der Waals surface area (Å²) in [7, 11) is 2.62. The van der Waals surface area contributed by atoms with E-state index in [0.29, 0.717) is 22.6 Å². The third-order valence-electron chi connectivity index (χ3n) is 2.76. The molecule has 0 aliphatic carbocycles. The van der Waals surface area contributed by atoms with Crippen LogP contribution in [-0.2, 0) is 9.47 Å². The second kappa shape index (κ2) is 6.51. The first kappa shape index (κ1) is 14.5. The molecular weight excluding hydrogens is 272 g/mol. The summed E-state index contributed by atoms with van der Waals surface area (Å²) >= 11 is 0. The number of rotatable bonds is 4. The normalized spacial score (nSPS) is 9.81. The second-order valence-corrected chi connectivity index (χ2v) is 4.09. The van der Waals surface area contributed by atoms with E-state index in [9.17, 15) is 9.59 Å². The minimum Gasteiger partial charge on any atom is -0.465 e. The van der Waals surface area contributed by atoms with Crippen molar-refractivity contribution in [3.63, 3.8) is 0 Å². The van der Waals surface area contributed by atoms with Crippen molar-refractivity contribution in [2.75, 3.05) is 19.5 Å². The van der Waals surface area contributed by atoms with E-state index in [4.69, 9.17) is 4.74 Å². The molecule has 0 spiro atoms. The maximum absolute atomic E-state index is 11.7. The maximum Gasteiger partial charge on any atom is 0.341 e. The molecule has 108 valence electrons. The van der Waals surface area contributed by atoms with Gasteiger partial charge >= 0.3 is 11.9 Å². The number of carbonyl (C=O) groups excluding carboxylic acids is 2. The maximum atomic E-state index is 11.7. The van der Waals surface area contributed by atoms with Gasteiger partial charge in [0.15, 0.2) is 0 Å². The SMILES string of the molecule is COC(=O)c1cccc(Nc2ncccc2C(=O)OC)c1. The lowest BCUT2D eigenvalue weighted by atomic mass is 10.2. The number of carbonyl (C=O) groups is 2.